The van der Waals surface area contributed by atoms with Crippen LogP contribution in [-0.2, 0) is 36.0 Å². The van der Waals surface area contributed by atoms with E-state index in [2.05, 4.69) is 49.9 Å². The second-order valence-corrected chi connectivity index (χ2v) is 11.5. The number of rotatable bonds is 9. The van der Waals surface area contributed by atoms with Crippen LogP contribution in [0.5, 0.6) is 5.75 Å². The summed E-state index contributed by atoms with van der Waals surface area (Å²) in [6.45, 7) is 10.7. The monoisotopic (exact) mass is 538 g/mol. The molecular formula is C34H38N2O4. The number of anilines is 1. The Morgan fingerprint density at radius 3 is 2.45 bits per heavy atom. The van der Waals surface area contributed by atoms with E-state index < -0.39 is 5.97 Å². The molecule has 0 saturated carbocycles. The van der Waals surface area contributed by atoms with Gasteiger partial charge in [0.05, 0.1) is 12.3 Å². The number of hydrogen-bond acceptors (Lipinski definition) is 5. The van der Waals surface area contributed by atoms with Crippen LogP contribution in [0.4, 0.5) is 5.69 Å². The second kappa shape index (κ2) is 11.6. The minimum absolute atomic E-state index is 0.108. The van der Waals surface area contributed by atoms with E-state index in [1.165, 1.54) is 22.4 Å². The van der Waals surface area contributed by atoms with Crippen molar-refractivity contribution in [3.05, 3.63) is 100 Å². The molecule has 1 aliphatic rings. The van der Waals surface area contributed by atoms with E-state index in [-0.39, 0.29) is 11.8 Å². The van der Waals surface area contributed by atoms with E-state index in [0.29, 0.717) is 25.3 Å². The Balaban J connectivity index is 1.33. The summed E-state index contributed by atoms with van der Waals surface area (Å²) in [5.74, 6) is 1.53. The summed E-state index contributed by atoms with van der Waals surface area (Å²) < 4.78 is 12.3. The summed E-state index contributed by atoms with van der Waals surface area (Å²) >= 11 is 0. The summed E-state index contributed by atoms with van der Waals surface area (Å²) in [6.07, 6.45) is 2.11. The molecule has 6 heteroatoms. The quantitative estimate of drug-likeness (QED) is 0.244. The topological polar surface area (TPSA) is 75.8 Å². The summed E-state index contributed by atoms with van der Waals surface area (Å²) in [5, 5.41) is 9.33. The van der Waals surface area contributed by atoms with Crippen molar-refractivity contribution in [3.63, 3.8) is 0 Å². The number of ether oxygens (including phenoxy) is 1. The van der Waals surface area contributed by atoms with Gasteiger partial charge in [0.1, 0.15) is 11.5 Å². The van der Waals surface area contributed by atoms with E-state index in [0.717, 1.165) is 47.8 Å². The van der Waals surface area contributed by atoms with Crippen LogP contribution in [-0.4, -0.2) is 29.2 Å². The third-order valence-corrected chi connectivity index (χ3v) is 7.68. The predicted molar refractivity (Wildman–Crippen MR) is 158 cm³/mol. The van der Waals surface area contributed by atoms with Gasteiger partial charge in [-0.15, -0.1) is 0 Å². The first-order chi connectivity index (χ1) is 19.2. The van der Waals surface area contributed by atoms with E-state index >= 15 is 0 Å². The Bertz CT molecular complexity index is 1470. The van der Waals surface area contributed by atoms with Gasteiger partial charge in [0.25, 0.3) is 0 Å². The highest BCUT2D eigenvalue weighted by Crippen LogP contribution is 2.35. The molecular weight excluding hydrogens is 500 g/mol. The van der Waals surface area contributed by atoms with E-state index in [1.807, 2.05) is 49.4 Å². The normalized spacial score (nSPS) is 13.2. The lowest BCUT2D eigenvalue weighted by Crippen LogP contribution is -2.31. The Hall–Kier alpha value is -4.06. The smallest absolute Gasteiger partial charge is 0.303 e. The fraction of sp³-hybridized carbons (Fsp3) is 0.353. The standard InChI is InChI=1S/C34H38N2O4/c1-23-30(35-33(40-23)25-8-6-5-7-9-25)19-21-39-31-16-10-24(11-17-32(37)38)29-22-36(20-18-28(29)31)27-14-12-26(13-15-27)34(2,3)4/h5-10,12-16H,11,17-22H2,1-4H3,(H,37,38). The molecule has 1 aromatic heterocycles. The van der Waals surface area contributed by atoms with Crippen LogP contribution in [0.2, 0.25) is 0 Å². The van der Waals surface area contributed by atoms with E-state index in [4.69, 9.17) is 14.1 Å². The third-order valence-electron chi connectivity index (χ3n) is 7.68. The Morgan fingerprint density at radius 2 is 1.75 bits per heavy atom. The van der Waals surface area contributed by atoms with Gasteiger partial charge in [-0.1, -0.05) is 57.2 Å². The van der Waals surface area contributed by atoms with Crippen LogP contribution in [0, 0.1) is 6.92 Å². The van der Waals surface area contributed by atoms with Gasteiger partial charge < -0.3 is 19.2 Å². The molecule has 6 nitrogen and oxygen atoms in total. The molecule has 208 valence electrons. The van der Waals surface area contributed by atoms with Crippen molar-refractivity contribution >= 4 is 11.7 Å². The number of carboxylic acid groups (broad SMARTS) is 1. The molecule has 1 N–H and O–H groups in total. The molecule has 0 unspecified atom stereocenters. The molecule has 4 aromatic rings. The van der Waals surface area contributed by atoms with Crippen molar-refractivity contribution in [1.29, 1.82) is 0 Å². The number of carboxylic acids is 1. The molecule has 2 heterocycles. The Labute approximate surface area is 236 Å². The van der Waals surface area contributed by atoms with Crippen molar-refractivity contribution in [1.82, 2.24) is 4.98 Å². The molecule has 3 aromatic carbocycles. The van der Waals surface area contributed by atoms with Crippen LogP contribution in [0.3, 0.4) is 0 Å². The number of hydrogen-bond donors (Lipinski definition) is 1. The summed E-state index contributed by atoms with van der Waals surface area (Å²) in [7, 11) is 0. The molecule has 1 aliphatic heterocycles. The minimum atomic E-state index is -0.780. The highest BCUT2D eigenvalue weighted by atomic mass is 16.5. The fourth-order valence-corrected chi connectivity index (χ4v) is 5.33. The largest absolute Gasteiger partial charge is 0.493 e. The van der Waals surface area contributed by atoms with Crippen LogP contribution < -0.4 is 9.64 Å². The second-order valence-electron chi connectivity index (χ2n) is 11.5. The van der Waals surface area contributed by atoms with Gasteiger partial charge >= 0.3 is 5.97 Å². The van der Waals surface area contributed by atoms with Gasteiger partial charge in [0.2, 0.25) is 5.89 Å². The number of oxazole rings is 1. The number of fused-ring (bicyclic) bond motifs is 1. The maximum Gasteiger partial charge on any atom is 0.303 e. The average Bonchev–Trinajstić information content (AvgIpc) is 3.32. The fourth-order valence-electron chi connectivity index (χ4n) is 5.33. The lowest BCUT2D eigenvalue weighted by molar-refractivity contribution is -0.136. The van der Waals surface area contributed by atoms with Gasteiger partial charge in [-0.2, -0.15) is 0 Å². The van der Waals surface area contributed by atoms with Gasteiger partial charge in [-0.05, 0) is 72.2 Å². The first kappa shape index (κ1) is 27.5. The molecule has 0 amide bonds. The summed E-state index contributed by atoms with van der Waals surface area (Å²) in [4.78, 5) is 18.4. The molecule has 0 aliphatic carbocycles. The molecule has 0 spiro atoms. The lowest BCUT2D eigenvalue weighted by atomic mass is 9.87. The predicted octanol–water partition coefficient (Wildman–Crippen LogP) is 7.15. The molecule has 0 radical (unpaired) electrons. The van der Waals surface area contributed by atoms with Gasteiger partial charge in [-0.25, -0.2) is 4.98 Å². The zero-order valence-electron chi connectivity index (χ0n) is 23.9. The van der Waals surface area contributed by atoms with Crippen molar-refractivity contribution < 1.29 is 19.1 Å². The number of aromatic nitrogens is 1. The first-order valence-electron chi connectivity index (χ1n) is 14.0. The van der Waals surface area contributed by atoms with E-state index in [9.17, 15) is 9.90 Å². The van der Waals surface area contributed by atoms with Crippen LogP contribution in [0.1, 0.15) is 60.9 Å². The molecule has 0 atom stereocenters. The van der Waals surface area contributed by atoms with Crippen LogP contribution in [0.15, 0.2) is 71.1 Å². The van der Waals surface area contributed by atoms with Crippen LogP contribution in [0.25, 0.3) is 11.5 Å². The van der Waals surface area contributed by atoms with Crippen molar-refractivity contribution in [2.24, 2.45) is 0 Å². The van der Waals surface area contributed by atoms with Crippen molar-refractivity contribution in [3.8, 4) is 17.2 Å². The first-order valence-corrected chi connectivity index (χ1v) is 14.0. The molecule has 5 rings (SSSR count). The SMILES string of the molecule is Cc1oc(-c2ccccc2)nc1CCOc1ccc(CCC(=O)O)c2c1CCN(c1ccc(C(C)(C)C)cc1)C2. The number of benzene rings is 3. The maximum atomic E-state index is 11.4. The number of aliphatic carboxylic acids is 1. The maximum absolute atomic E-state index is 11.4. The lowest BCUT2D eigenvalue weighted by Gasteiger charge is -2.33. The molecule has 0 bridgehead atoms. The minimum Gasteiger partial charge on any atom is -0.493 e. The van der Waals surface area contributed by atoms with Crippen molar-refractivity contribution in [2.45, 2.75) is 65.3 Å². The van der Waals surface area contributed by atoms with Crippen LogP contribution >= 0.6 is 0 Å². The van der Waals surface area contributed by atoms with Crippen molar-refractivity contribution in [2.75, 3.05) is 18.1 Å². The van der Waals surface area contributed by atoms with E-state index in [1.54, 1.807) is 0 Å². The highest BCUT2D eigenvalue weighted by molar-refractivity contribution is 5.67. The number of aryl methyl sites for hydroxylation is 2. The summed E-state index contributed by atoms with van der Waals surface area (Å²) in [6, 6.07) is 22.8. The summed E-state index contributed by atoms with van der Waals surface area (Å²) in [5.41, 5.74) is 7.92. The van der Waals surface area contributed by atoms with Gasteiger partial charge in [0.15, 0.2) is 0 Å². The Morgan fingerprint density at radius 1 is 1.00 bits per heavy atom. The number of carbonyl (C=O) groups is 1. The zero-order chi connectivity index (χ0) is 28.3. The highest BCUT2D eigenvalue weighted by Gasteiger charge is 2.24. The third kappa shape index (κ3) is 6.22. The van der Waals surface area contributed by atoms with Gasteiger partial charge in [-0.3, -0.25) is 4.79 Å². The van der Waals surface area contributed by atoms with Gasteiger partial charge in [0, 0.05) is 42.7 Å². The Kier molecular flexibility index (Phi) is 7.97. The molecule has 0 fully saturated rings. The zero-order valence-corrected chi connectivity index (χ0v) is 23.9. The molecule has 0 saturated heterocycles. The average molecular weight is 539 g/mol. The molecule has 40 heavy (non-hydrogen) atoms. The number of nitrogens with zero attached hydrogens (tertiary/aromatic N) is 2.